The number of hydrogen-bond donors (Lipinski definition) is 0. The molecule has 0 fully saturated rings. The summed E-state index contributed by atoms with van der Waals surface area (Å²) in [5.74, 6) is 1.69. The van der Waals surface area contributed by atoms with E-state index in [1.165, 1.54) is 20.2 Å². The second-order valence-corrected chi connectivity index (χ2v) is 17.2. The summed E-state index contributed by atoms with van der Waals surface area (Å²) < 4.78 is 4.78. The van der Waals surface area contributed by atoms with Gasteiger partial charge >= 0.3 is 0 Å². The minimum atomic E-state index is 0.541. The fourth-order valence-corrected chi connectivity index (χ4v) is 10.4. The smallest absolute Gasteiger partial charge is 0.194 e. The third-order valence-corrected chi connectivity index (χ3v) is 13.5. The molecule has 0 aliphatic heterocycles. The van der Waals surface area contributed by atoms with E-state index in [0.717, 1.165) is 77.6 Å². The highest BCUT2D eigenvalue weighted by atomic mass is 32.1. The van der Waals surface area contributed by atoms with Crippen LogP contribution in [0.15, 0.2) is 206 Å². The zero-order valence-electron chi connectivity index (χ0n) is 35.2. The van der Waals surface area contributed by atoms with Crippen LogP contribution in [0.3, 0.4) is 0 Å². The van der Waals surface area contributed by atoms with E-state index < -0.39 is 0 Å². The Morgan fingerprint density at radius 2 is 0.985 bits per heavy atom. The number of para-hydroxylation sites is 1. The van der Waals surface area contributed by atoms with Gasteiger partial charge in [-0.2, -0.15) is 5.26 Å². The van der Waals surface area contributed by atoms with Crippen LogP contribution in [0.1, 0.15) is 5.56 Å². The molecule has 0 amide bonds. The zero-order valence-corrected chi connectivity index (χ0v) is 36.0. The Morgan fingerprint density at radius 3 is 1.68 bits per heavy atom. The van der Waals surface area contributed by atoms with Crippen LogP contribution in [0, 0.1) is 17.9 Å². The molecule has 0 N–H and O–H groups in total. The van der Waals surface area contributed by atoms with E-state index in [-0.39, 0.29) is 0 Å². The molecule has 12 rings (SSSR count). The summed E-state index contributed by atoms with van der Waals surface area (Å²) in [5.41, 5.74) is 12.4. The van der Waals surface area contributed by atoms with Crippen molar-refractivity contribution in [2.45, 2.75) is 0 Å². The molecule has 3 heterocycles. The lowest BCUT2D eigenvalue weighted by molar-refractivity contribution is 1.06. The van der Waals surface area contributed by atoms with E-state index >= 15 is 0 Å². The first kappa shape index (κ1) is 38.6. The van der Waals surface area contributed by atoms with Crippen LogP contribution in [0.5, 0.6) is 0 Å². The molecule has 12 aromatic rings. The lowest BCUT2D eigenvalue weighted by atomic mass is 9.96. The summed E-state index contributed by atoms with van der Waals surface area (Å²) in [6.07, 6.45) is 0. The number of nitriles is 1. The Morgan fingerprint density at radius 1 is 0.439 bits per heavy atom. The first-order valence-electron chi connectivity index (χ1n) is 21.6. The van der Waals surface area contributed by atoms with Gasteiger partial charge in [-0.25, -0.2) is 19.8 Å². The van der Waals surface area contributed by atoms with Crippen LogP contribution in [0.25, 0.3) is 120 Å². The third-order valence-electron chi connectivity index (χ3n) is 12.4. The zero-order chi connectivity index (χ0) is 44.1. The van der Waals surface area contributed by atoms with Crippen LogP contribution in [0.2, 0.25) is 0 Å². The molecule has 0 spiro atoms. The Balaban J connectivity index is 1.18. The SMILES string of the molecule is [C-]#[N+]c1ccccc1-c1ccc2c(c1)c1cc(-c3ccccc3C#N)ccc1n2-c1ccc(-c2cccc3sc4ccccc4c23)cc1-c1nc(-c2ccccc2)nc(-c2ccccc2)n1. The molecule has 0 saturated heterocycles. The standard InChI is InChI=1S/C59H34N6S/c1-61-50-24-12-10-21-44(50)40-28-31-52-48(34-40)47-33-39(43-20-9-8-19-42(43)36-60)27-30-51(47)65(52)53-32-29-41(45-23-14-26-55-56(45)46-22-11-13-25-54(46)66-55)35-49(53)59-63-57(37-15-4-2-5-16-37)62-58(64-59)38-17-6-3-7-18-38/h2-35H. The molecule has 0 unspecified atom stereocenters. The molecule has 0 atom stereocenters. The highest BCUT2D eigenvalue weighted by molar-refractivity contribution is 7.25. The second kappa shape index (κ2) is 16.0. The molecule has 9 aromatic carbocycles. The van der Waals surface area contributed by atoms with Crippen molar-refractivity contribution in [2.24, 2.45) is 0 Å². The molecular weight excluding hydrogens is 825 g/mol. The summed E-state index contributed by atoms with van der Waals surface area (Å²) >= 11 is 1.81. The van der Waals surface area contributed by atoms with Crippen LogP contribution < -0.4 is 0 Å². The quantitative estimate of drug-likeness (QED) is 0.150. The maximum absolute atomic E-state index is 10.2. The minimum absolute atomic E-state index is 0.541. The van der Waals surface area contributed by atoms with Crippen molar-refractivity contribution in [1.82, 2.24) is 19.5 Å². The van der Waals surface area contributed by atoms with E-state index in [4.69, 9.17) is 21.5 Å². The molecule has 66 heavy (non-hydrogen) atoms. The van der Waals surface area contributed by atoms with Gasteiger partial charge in [0, 0.05) is 47.6 Å². The second-order valence-electron chi connectivity index (χ2n) is 16.1. The molecule has 0 bridgehead atoms. The van der Waals surface area contributed by atoms with E-state index in [9.17, 15) is 5.26 Å². The molecule has 6 nitrogen and oxygen atoms in total. The Bertz CT molecular complexity index is 3790. The normalized spacial score (nSPS) is 11.3. The van der Waals surface area contributed by atoms with Crippen molar-refractivity contribution < 1.29 is 0 Å². The van der Waals surface area contributed by atoms with E-state index in [2.05, 4.69) is 113 Å². The topological polar surface area (TPSA) is 71.8 Å². The monoisotopic (exact) mass is 858 g/mol. The van der Waals surface area contributed by atoms with Crippen LogP contribution in [0.4, 0.5) is 5.69 Å². The molecule has 3 aromatic heterocycles. The van der Waals surface area contributed by atoms with Gasteiger partial charge in [0.05, 0.1) is 34.9 Å². The Labute approximate surface area is 384 Å². The van der Waals surface area contributed by atoms with Gasteiger partial charge in [-0.1, -0.05) is 152 Å². The van der Waals surface area contributed by atoms with Crippen LogP contribution >= 0.6 is 11.3 Å². The van der Waals surface area contributed by atoms with E-state index in [1.54, 1.807) is 11.3 Å². The average Bonchev–Trinajstić information content (AvgIpc) is 3.94. The van der Waals surface area contributed by atoms with Crippen molar-refractivity contribution in [2.75, 3.05) is 0 Å². The van der Waals surface area contributed by atoms with E-state index in [1.807, 2.05) is 109 Å². The third kappa shape index (κ3) is 6.50. The number of aromatic nitrogens is 4. The van der Waals surface area contributed by atoms with Crippen molar-refractivity contribution >= 4 is 59.0 Å². The van der Waals surface area contributed by atoms with Crippen molar-refractivity contribution in [1.29, 1.82) is 5.26 Å². The van der Waals surface area contributed by atoms with Crippen molar-refractivity contribution in [3.05, 3.63) is 223 Å². The van der Waals surface area contributed by atoms with Gasteiger partial charge in [-0.05, 0) is 88.0 Å². The lowest BCUT2D eigenvalue weighted by Gasteiger charge is -2.17. The number of nitrogens with zero attached hydrogens (tertiary/aromatic N) is 6. The number of benzene rings is 9. The van der Waals surface area contributed by atoms with Gasteiger partial charge in [-0.15, -0.1) is 11.3 Å². The van der Waals surface area contributed by atoms with E-state index in [0.29, 0.717) is 28.7 Å². The molecule has 0 aliphatic carbocycles. The highest BCUT2D eigenvalue weighted by Gasteiger charge is 2.23. The fraction of sp³-hybridized carbons (Fsp3) is 0. The minimum Gasteiger partial charge on any atom is -0.308 e. The lowest BCUT2D eigenvalue weighted by Crippen LogP contribution is -2.04. The van der Waals surface area contributed by atoms with Crippen LogP contribution in [-0.2, 0) is 0 Å². The fourth-order valence-electron chi connectivity index (χ4n) is 9.29. The predicted octanol–water partition coefficient (Wildman–Crippen LogP) is 15.8. The molecule has 306 valence electrons. The maximum atomic E-state index is 10.2. The summed E-state index contributed by atoms with van der Waals surface area (Å²) in [5, 5.41) is 14.6. The van der Waals surface area contributed by atoms with Crippen molar-refractivity contribution in [3.63, 3.8) is 0 Å². The molecule has 0 aliphatic rings. The van der Waals surface area contributed by atoms with Crippen LogP contribution in [-0.4, -0.2) is 19.5 Å². The highest BCUT2D eigenvalue weighted by Crippen LogP contribution is 2.44. The average molecular weight is 859 g/mol. The number of thiophene rings is 1. The Kier molecular flexibility index (Phi) is 9.35. The number of hydrogen-bond acceptors (Lipinski definition) is 5. The molecule has 7 heteroatoms. The maximum Gasteiger partial charge on any atom is 0.194 e. The summed E-state index contributed by atoms with van der Waals surface area (Å²) in [6, 6.07) is 72.7. The van der Waals surface area contributed by atoms with Gasteiger partial charge in [0.2, 0.25) is 0 Å². The molecule has 0 radical (unpaired) electrons. The summed E-state index contributed by atoms with van der Waals surface area (Å²) in [7, 11) is 0. The number of rotatable bonds is 7. The predicted molar refractivity (Wildman–Crippen MR) is 271 cm³/mol. The summed E-state index contributed by atoms with van der Waals surface area (Å²) in [6.45, 7) is 7.98. The van der Waals surface area contributed by atoms with Gasteiger partial charge in [-0.3, -0.25) is 0 Å². The van der Waals surface area contributed by atoms with Gasteiger partial charge < -0.3 is 4.57 Å². The van der Waals surface area contributed by atoms with Gasteiger partial charge in [0.25, 0.3) is 0 Å². The summed E-state index contributed by atoms with van der Waals surface area (Å²) in [4.78, 5) is 19.6. The first-order valence-corrected chi connectivity index (χ1v) is 22.4. The van der Waals surface area contributed by atoms with Gasteiger partial charge in [0.1, 0.15) is 0 Å². The molecular formula is C59H34N6S. The largest absolute Gasteiger partial charge is 0.308 e. The first-order chi connectivity index (χ1) is 32.6. The Hall–Kier alpha value is -9.01. The van der Waals surface area contributed by atoms with Crippen molar-refractivity contribution in [3.8, 4) is 79.3 Å². The number of fused-ring (bicyclic) bond motifs is 6. The van der Waals surface area contributed by atoms with Gasteiger partial charge in [0.15, 0.2) is 23.2 Å². The molecule has 0 saturated carbocycles.